The lowest BCUT2D eigenvalue weighted by molar-refractivity contribution is -0.145. The summed E-state index contributed by atoms with van der Waals surface area (Å²) in [5, 5.41) is 51.0. The minimum absolute atomic E-state index is 0.0100. The largest absolute Gasteiger partial charge is 0.445 e. The molecular formula is C87H115Br2N15O25S. The van der Waals surface area contributed by atoms with E-state index in [1.807, 2.05) is 0 Å². The maximum absolute atomic E-state index is 15.4. The molecule has 2 bridgehead atoms. The molecule has 8 rings (SSSR count). The molecule has 1 saturated heterocycles. The Bertz CT molecular complexity index is 5020. The van der Waals surface area contributed by atoms with Crippen molar-refractivity contribution in [1.29, 1.82) is 0 Å². The first-order valence-electron chi connectivity index (χ1n) is 42.8. The molecule has 40 nitrogen and oxygen atoms in total. The third kappa shape index (κ3) is 30.0. The van der Waals surface area contributed by atoms with Gasteiger partial charge in [-0.2, -0.15) is 0 Å². The number of hydrogen-bond donors (Lipinski definition) is 13. The highest BCUT2D eigenvalue weighted by Gasteiger charge is 2.46. The van der Waals surface area contributed by atoms with Gasteiger partial charge in [0, 0.05) is 148 Å². The fourth-order valence-corrected chi connectivity index (χ4v) is 17.3. The van der Waals surface area contributed by atoms with Crippen LogP contribution in [0.1, 0.15) is 152 Å². The van der Waals surface area contributed by atoms with Crippen LogP contribution >= 0.6 is 31.9 Å². The summed E-state index contributed by atoms with van der Waals surface area (Å²) in [6.45, 7) is 8.14. The van der Waals surface area contributed by atoms with Crippen LogP contribution in [-0.4, -0.2) is 276 Å². The molecule has 0 saturated carbocycles. The molecule has 0 radical (unpaired) electrons. The monoisotopic (exact) mass is 1960 g/mol. The van der Waals surface area contributed by atoms with Crippen LogP contribution in [0.2, 0.25) is 0 Å². The van der Waals surface area contributed by atoms with Crippen LogP contribution in [0.3, 0.4) is 0 Å². The Morgan fingerprint density at radius 2 is 1.38 bits per heavy atom. The number of Topliss-reactive ketones (excluding diaryl/α,β-unsaturated/α-hetero) is 5. The Morgan fingerprint density at radius 3 is 2.04 bits per heavy atom. The molecule has 43 heteroatoms. The minimum atomic E-state index is -2.51. The average molecular weight is 1960 g/mol. The second-order valence-electron chi connectivity index (χ2n) is 33.1. The predicted octanol–water partition coefficient (Wildman–Crippen LogP) is 2.34. The van der Waals surface area contributed by atoms with Gasteiger partial charge in [0.05, 0.1) is 126 Å². The van der Waals surface area contributed by atoms with Crippen molar-refractivity contribution in [2.24, 2.45) is 47.0 Å². The lowest BCUT2D eigenvalue weighted by atomic mass is 9.85. The molecule has 708 valence electrons. The highest BCUT2D eigenvalue weighted by molar-refractivity contribution is 9.09. The quantitative estimate of drug-likeness (QED) is 0.0153. The molecule has 14 atom stereocenters. The maximum Gasteiger partial charge on any atom is 0.415 e. The number of benzene rings is 3. The standard InChI is InChI=1S/C87H115Br2N15O25S/c1-9-46(4)77-83(121)93-39-75(115)98-66-44-130(125)84-60(28-52(80(118)92-40-76(116)100-77)31-71(111)78(48(6)72(112)42-105)101-82(120)67-35-57(107)41-104(67)85(122)54(32-70(66)110)34-74(91)114)59-18-17-58(36-62(59)99-84)129-87(124)103(45(2)3)22-21-102(8)86(123)128-43-50-12-15-55(16-13-50)95-81(119)53(33-73(90)113)30-69(109)49(7)94-79(117)47(5)27-56(106)20-24-127-26-25-126-23-10-11-68(108)51-14-19-61-63(29-51)97-65(38-89)64(37-88)96-61/h12-19,29,36,45-49,52-54,57,66-67,72,77-78,99,105,107,112H,9-11,20-28,30-35,37-44H2,1-8H3,(H2,90,113)(H2,91,114)(H,92,118)(H,93,121)(H,94,117)(H,95,119)(H,98,115)(H,100,116)(H,101,120)/t46-,47+,48-,49-,52-,53-,54-,57+,66-,67-,72-,77-,78-,130?/m0/s1. The van der Waals surface area contributed by atoms with Crippen molar-refractivity contribution >= 4 is 170 Å². The molecule has 5 heterocycles. The molecule has 0 spiro atoms. The Hall–Kier alpha value is -11.0. The Kier molecular flexibility index (Phi) is 40.1. The molecule has 0 aliphatic carbocycles. The number of aromatic nitrogens is 3. The third-order valence-corrected chi connectivity index (χ3v) is 25.3. The van der Waals surface area contributed by atoms with Crippen LogP contribution in [0.15, 0.2) is 65.7 Å². The van der Waals surface area contributed by atoms with Crippen molar-refractivity contribution < 1.29 is 120 Å². The number of aliphatic hydroxyl groups excluding tert-OH is 3. The van der Waals surface area contributed by atoms with Crippen molar-refractivity contribution in [3.8, 4) is 5.75 Å². The Morgan fingerprint density at radius 1 is 0.715 bits per heavy atom. The second-order valence-corrected chi connectivity index (χ2v) is 35.6. The van der Waals surface area contributed by atoms with E-state index in [1.165, 1.54) is 80.1 Å². The van der Waals surface area contributed by atoms with Crippen LogP contribution in [0, 0.1) is 35.5 Å². The number of carbonyl (C=O) groups excluding carboxylic acids is 17. The van der Waals surface area contributed by atoms with Gasteiger partial charge in [-0.25, -0.2) is 19.6 Å². The lowest BCUT2D eigenvalue weighted by Crippen LogP contribution is -2.56. The maximum atomic E-state index is 15.4. The number of aromatic amines is 1. The van der Waals surface area contributed by atoms with Crippen LogP contribution in [0.5, 0.6) is 5.75 Å². The summed E-state index contributed by atoms with van der Waals surface area (Å²) < 4.78 is 38.1. The summed E-state index contributed by atoms with van der Waals surface area (Å²) >= 11 is 6.86. The van der Waals surface area contributed by atoms with E-state index in [1.54, 1.807) is 45.9 Å². The first-order chi connectivity index (χ1) is 61.7. The number of ether oxygens (including phenoxy) is 4. The number of nitrogens with zero attached hydrogens (tertiary/aromatic N) is 5. The molecule has 3 aliphatic heterocycles. The van der Waals surface area contributed by atoms with E-state index in [9.17, 15) is 92.0 Å². The zero-order valence-electron chi connectivity index (χ0n) is 73.6. The van der Waals surface area contributed by atoms with Crippen LogP contribution in [0.25, 0.3) is 21.9 Å². The lowest BCUT2D eigenvalue weighted by Gasteiger charge is -2.32. The van der Waals surface area contributed by atoms with Gasteiger partial charge >= 0.3 is 12.2 Å². The molecule has 5 aromatic rings. The van der Waals surface area contributed by atoms with Gasteiger partial charge < -0.3 is 103 Å². The van der Waals surface area contributed by atoms with Gasteiger partial charge in [0.25, 0.3) is 0 Å². The number of fused-ring (bicyclic) bond motifs is 6. The topological polar surface area (TPSA) is 592 Å². The van der Waals surface area contributed by atoms with Gasteiger partial charge in [-0.1, -0.05) is 78.1 Å². The van der Waals surface area contributed by atoms with Gasteiger partial charge in [-0.3, -0.25) is 76.1 Å². The van der Waals surface area contributed by atoms with E-state index in [0.717, 1.165) is 16.3 Å². The van der Waals surface area contributed by atoms with Crippen molar-refractivity contribution in [3.63, 3.8) is 0 Å². The second kappa shape index (κ2) is 49.9. The SMILES string of the molecule is CC[C@H](C)[C@@H]1NC(=O)CNC(=O)[C@@H]2CC(=O)[C@H]([C@@H](C)[C@@H](O)CO)NC(=O)[C@@H]3C[C@@H](O)CN3C(=O)[C@H](CC(N)=O)CC(=O)[C@H](CS(=O)c3[nH]c4cc(OC(=O)N(CCN(C)C(=O)OCc5ccc(NC(=O)[C@H](CC(N)=O)CC(=O)[C@H](C)NC(=O)[C@H](C)CC(=O)CCOCCOCCCC(=O)c6ccc7nc(CBr)c(CBr)nc7c6)cc5)C(C)C)ccc4c3C2)NC(=O)CNC1=O. The number of H-pyrrole nitrogens is 1. The summed E-state index contributed by atoms with van der Waals surface area (Å²) in [4.78, 5) is 250. The Labute approximate surface area is 769 Å². The number of ketones is 5. The number of likely N-dealkylation sites (N-methyl/N-ethyl adjacent to an activating group) is 1. The van der Waals surface area contributed by atoms with Gasteiger partial charge in [-0.05, 0) is 93.1 Å². The van der Waals surface area contributed by atoms with Crippen molar-refractivity contribution in [3.05, 3.63) is 88.7 Å². The molecule has 130 heavy (non-hydrogen) atoms. The predicted molar refractivity (Wildman–Crippen MR) is 477 cm³/mol. The average Bonchev–Trinajstić information content (AvgIpc) is 1.63. The number of primary amides is 2. The highest BCUT2D eigenvalue weighted by Crippen LogP contribution is 2.34. The first kappa shape index (κ1) is 104. The van der Waals surface area contributed by atoms with Gasteiger partial charge in [0.1, 0.15) is 35.2 Å². The molecular weight excluding hydrogens is 1850 g/mol. The summed E-state index contributed by atoms with van der Waals surface area (Å²) in [6, 6.07) is 7.19. The van der Waals surface area contributed by atoms with E-state index >= 15 is 9.00 Å². The van der Waals surface area contributed by atoms with Crippen LogP contribution in [0.4, 0.5) is 15.3 Å². The van der Waals surface area contributed by atoms with Gasteiger partial charge in [-0.15, -0.1) is 0 Å². The molecule has 2 aromatic heterocycles. The van der Waals surface area contributed by atoms with E-state index in [4.69, 9.17) is 30.4 Å². The third-order valence-electron chi connectivity index (χ3n) is 22.8. The number of anilines is 1. The fraction of sp³-hybridized carbons (Fsp3) is 0.552. The summed E-state index contributed by atoms with van der Waals surface area (Å²) in [6.07, 6.45) is -8.47. The minimum Gasteiger partial charge on any atom is -0.445 e. The smallest absolute Gasteiger partial charge is 0.415 e. The number of halogens is 2. The number of nitrogens with two attached hydrogens (primary N) is 2. The summed E-state index contributed by atoms with van der Waals surface area (Å²) in [7, 11) is -1.10. The fourth-order valence-electron chi connectivity index (χ4n) is 15.0. The van der Waals surface area contributed by atoms with Crippen LogP contribution in [-0.2, 0) is 116 Å². The number of hydrogen-bond acceptors (Lipinski definition) is 27. The van der Waals surface area contributed by atoms with Gasteiger partial charge in [0.2, 0.25) is 59.1 Å². The highest BCUT2D eigenvalue weighted by atomic mass is 79.9. The first-order valence-corrected chi connectivity index (χ1v) is 46.4. The van der Waals surface area contributed by atoms with E-state index in [0.29, 0.717) is 52.3 Å². The molecule has 1 unspecified atom stereocenters. The van der Waals surface area contributed by atoms with E-state index in [-0.39, 0.29) is 103 Å². The van der Waals surface area contributed by atoms with E-state index < -0.39 is 260 Å². The normalized spacial score (nSPS) is 20.6. The van der Waals surface area contributed by atoms with Crippen molar-refractivity contribution in [1.82, 2.24) is 61.6 Å². The van der Waals surface area contributed by atoms with Gasteiger partial charge in [0.15, 0.2) is 23.1 Å². The number of nitrogens with one attached hydrogen (secondary N) is 8. The molecule has 15 N–H and O–H groups in total. The Balaban J connectivity index is 0.874. The summed E-state index contributed by atoms with van der Waals surface area (Å²) in [5.74, 6) is -20.3. The summed E-state index contributed by atoms with van der Waals surface area (Å²) in [5.41, 5.74) is 15.4. The molecule has 12 amide bonds. The zero-order valence-corrected chi connectivity index (χ0v) is 77.6. The van der Waals surface area contributed by atoms with E-state index in [2.05, 4.69) is 84.0 Å². The van der Waals surface area contributed by atoms with Crippen molar-refractivity contribution in [2.75, 3.05) is 83.9 Å². The molecule has 1 fully saturated rings. The molecule has 3 aromatic carbocycles. The van der Waals surface area contributed by atoms with Crippen molar-refractivity contribution in [2.45, 2.75) is 196 Å². The number of amides is 12. The molecule has 3 aliphatic rings. The number of alkyl halides is 2. The number of carbonyl (C=O) groups is 17. The van der Waals surface area contributed by atoms with Crippen LogP contribution < -0.4 is 53.4 Å². The number of rotatable bonds is 38. The zero-order chi connectivity index (χ0) is 95.5. The number of aliphatic hydroxyl groups is 3.